The molecule has 0 atom stereocenters. The van der Waals surface area contributed by atoms with Crippen molar-refractivity contribution < 1.29 is 4.79 Å². The van der Waals surface area contributed by atoms with E-state index in [9.17, 15) is 4.79 Å². The van der Waals surface area contributed by atoms with Gasteiger partial charge in [-0.05, 0) is 75.8 Å². The first kappa shape index (κ1) is 20.2. The van der Waals surface area contributed by atoms with Crippen molar-refractivity contribution >= 4 is 11.6 Å². The Morgan fingerprint density at radius 1 is 1.12 bits per heavy atom. The fraction of sp³-hybridized carbons (Fsp3) is 0.545. The Kier molecular flexibility index (Phi) is 6.63. The average molecular weight is 356 g/mol. The summed E-state index contributed by atoms with van der Waals surface area (Å²) < 4.78 is 2.08. The number of rotatable bonds is 7. The van der Waals surface area contributed by atoms with Gasteiger partial charge in [0.05, 0.1) is 5.69 Å². The highest BCUT2D eigenvalue weighted by atomic mass is 16.2. The quantitative estimate of drug-likeness (QED) is 0.718. The van der Waals surface area contributed by atoms with Gasteiger partial charge in [0.25, 0.3) is 0 Å². The fourth-order valence-corrected chi connectivity index (χ4v) is 3.60. The molecule has 0 saturated heterocycles. The van der Waals surface area contributed by atoms with Crippen LogP contribution in [0.5, 0.6) is 0 Å². The van der Waals surface area contributed by atoms with E-state index in [1.807, 2.05) is 18.7 Å². The highest BCUT2D eigenvalue weighted by molar-refractivity contribution is 5.93. The van der Waals surface area contributed by atoms with E-state index >= 15 is 0 Å². The molecule has 2 rings (SSSR count). The number of benzene rings is 1. The Balaban J connectivity index is 2.13. The Hall–Kier alpha value is -2.10. The van der Waals surface area contributed by atoms with Gasteiger partial charge in [-0.3, -0.25) is 9.48 Å². The standard InChI is InChI=1S/C22H33N3O/c1-8-24(20-12-16(4)11-17(5)13-20)22(26)10-9-21-18(6)23-25(19(21)7)14-15(2)3/h11-13,15H,8-10,14H2,1-7H3. The highest BCUT2D eigenvalue weighted by Crippen LogP contribution is 2.21. The van der Waals surface area contributed by atoms with Crippen LogP contribution in [0.1, 0.15) is 55.3 Å². The maximum absolute atomic E-state index is 12.9. The molecule has 0 aliphatic heterocycles. The van der Waals surface area contributed by atoms with Gasteiger partial charge in [-0.25, -0.2) is 0 Å². The summed E-state index contributed by atoms with van der Waals surface area (Å²) in [7, 11) is 0. The molecule has 2 aromatic rings. The largest absolute Gasteiger partial charge is 0.313 e. The second kappa shape index (κ2) is 8.52. The zero-order valence-corrected chi connectivity index (χ0v) is 17.4. The van der Waals surface area contributed by atoms with Crippen molar-refractivity contribution in [2.75, 3.05) is 11.4 Å². The molecule has 0 aliphatic carbocycles. The summed E-state index contributed by atoms with van der Waals surface area (Å²) in [6.07, 6.45) is 1.26. The Labute approximate surface area is 158 Å². The van der Waals surface area contributed by atoms with E-state index in [2.05, 4.69) is 62.6 Å². The Bertz CT molecular complexity index is 754. The summed E-state index contributed by atoms with van der Waals surface area (Å²) in [4.78, 5) is 14.8. The van der Waals surface area contributed by atoms with Crippen LogP contribution in [-0.4, -0.2) is 22.2 Å². The van der Waals surface area contributed by atoms with Crippen LogP contribution in [0.4, 0.5) is 5.69 Å². The van der Waals surface area contributed by atoms with Crippen LogP contribution >= 0.6 is 0 Å². The predicted molar refractivity (Wildman–Crippen MR) is 109 cm³/mol. The third-order valence-electron chi connectivity index (χ3n) is 4.79. The molecule has 0 radical (unpaired) electrons. The van der Waals surface area contributed by atoms with Crippen LogP contribution in [0, 0.1) is 33.6 Å². The molecule has 26 heavy (non-hydrogen) atoms. The zero-order chi connectivity index (χ0) is 19.4. The first-order chi connectivity index (χ1) is 12.2. The van der Waals surface area contributed by atoms with Crippen LogP contribution < -0.4 is 4.90 Å². The van der Waals surface area contributed by atoms with Gasteiger partial charge in [0, 0.05) is 30.9 Å². The van der Waals surface area contributed by atoms with Gasteiger partial charge < -0.3 is 4.90 Å². The third kappa shape index (κ3) is 4.75. The molecule has 0 unspecified atom stereocenters. The highest BCUT2D eigenvalue weighted by Gasteiger charge is 2.18. The van der Waals surface area contributed by atoms with Crippen molar-refractivity contribution in [2.24, 2.45) is 5.92 Å². The van der Waals surface area contributed by atoms with E-state index < -0.39 is 0 Å². The molecular formula is C22H33N3O. The number of nitrogens with zero attached hydrogens (tertiary/aromatic N) is 3. The molecular weight excluding hydrogens is 322 g/mol. The van der Waals surface area contributed by atoms with Gasteiger partial charge in [-0.15, -0.1) is 0 Å². The van der Waals surface area contributed by atoms with E-state index in [4.69, 9.17) is 0 Å². The number of aromatic nitrogens is 2. The molecule has 1 amide bonds. The monoisotopic (exact) mass is 355 g/mol. The van der Waals surface area contributed by atoms with Gasteiger partial charge in [0.2, 0.25) is 5.91 Å². The first-order valence-corrected chi connectivity index (χ1v) is 9.64. The van der Waals surface area contributed by atoms with Crippen molar-refractivity contribution in [1.82, 2.24) is 9.78 Å². The number of hydrogen-bond donors (Lipinski definition) is 0. The van der Waals surface area contributed by atoms with Gasteiger partial charge in [-0.1, -0.05) is 19.9 Å². The number of carbonyl (C=O) groups is 1. The summed E-state index contributed by atoms with van der Waals surface area (Å²) >= 11 is 0. The van der Waals surface area contributed by atoms with E-state index in [-0.39, 0.29) is 5.91 Å². The fourth-order valence-electron chi connectivity index (χ4n) is 3.60. The Morgan fingerprint density at radius 2 is 1.73 bits per heavy atom. The summed E-state index contributed by atoms with van der Waals surface area (Å²) in [6, 6.07) is 6.31. The predicted octanol–water partition coefficient (Wildman–Crippen LogP) is 4.76. The number of anilines is 1. The first-order valence-electron chi connectivity index (χ1n) is 9.64. The number of carbonyl (C=O) groups excluding carboxylic acids is 1. The molecule has 1 heterocycles. The van der Waals surface area contributed by atoms with Crippen LogP contribution in [-0.2, 0) is 17.8 Å². The third-order valence-corrected chi connectivity index (χ3v) is 4.79. The molecule has 1 aromatic heterocycles. The van der Waals surface area contributed by atoms with E-state index in [1.54, 1.807) is 0 Å². The van der Waals surface area contributed by atoms with Gasteiger partial charge in [-0.2, -0.15) is 5.10 Å². The minimum absolute atomic E-state index is 0.174. The van der Waals surface area contributed by atoms with Crippen molar-refractivity contribution in [1.29, 1.82) is 0 Å². The maximum atomic E-state index is 12.9. The number of hydrogen-bond acceptors (Lipinski definition) is 2. The lowest BCUT2D eigenvalue weighted by Gasteiger charge is -2.22. The van der Waals surface area contributed by atoms with Crippen molar-refractivity contribution in [2.45, 2.75) is 67.9 Å². The minimum Gasteiger partial charge on any atom is -0.313 e. The van der Waals surface area contributed by atoms with Crippen LogP contribution in [0.25, 0.3) is 0 Å². The normalized spacial score (nSPS) is 11.2. The SMILES string of the molecule is CCN(C(=O)CCc1c(C)nn(CC(C)C)c1C)c1cc(C)cc(C)c1. The molecule has 0 N–H and O–H groups in total. The van der Waals surface area contributed by atoms with Crippen LogP contribution in [0.3, 0.4) is 0 Å². The molecule has 0 saturated carbocycles. The molecule has 0 bridgehead atoms. The van der Waals surface area contributed by atoms with Crippen molar-refractivity contribution in [3.8, 4) is 0 Å². The Morgan fingerprint density at radius 3 is 2.27 bits per heavy atom. The molecule has 142 valence electrons. The minimum atomic E-state index is 0.174. The molecule has 4 heteroatoms. The molecule has 0 spiro atoms. The lowest BCUT2D eigenvalue weighted by molar-refractivity contribution is -0.118. The molecule has 4 nitrogen and oxygen atoms in total. The van der Waals surface area contributed by atoms with Gasteiger partial charge in [0.15, 0.2) is 0 Å². The lowest BCUT2D eigenvalue weighted by atomic mass is 10.1. The smallest absolute Gasteiger partial charge is 0.227 e. The molecule has 1 aromatic carbocycles. The lowest BCUT2D eigenvalue weighted by Crippen LogP contribution is -2.31. The van der Waals surface area contributed by atoms with E-state index in [1.165, 1.54) is 22.4 Å². The second-order valence-electron chi connectivity index (χ2n) is 7.71. The summed E-state index contributed by atoms with van der Waals surface area (Å²) in [5.74, 6) is 0.732. The van der Waals surface area contributed by atoms with Gasteiger partial charge >= 0.3 is 0 Å². The van der Waals surface area contributed by atoms with Crippen LogP contribution in [0.15, 0.2) is 18.2 Å². The number of amides is 1. The second-order valence-corrected chi connectivity index (χ2v) is 7.71. The molecule has 0 fully saturated rings. The zero-order valence-electron chi connectivity index (χ0n) is 17.4. The van der Waals surface area contributed by atoms with Crippen molar-refractivity contribution in [3.63, 3.8) is 0 Å². The van der Waals surface area contributed by atoms with E-state index in [0.29, 0.717) is 18.9 Å². The summed E-state index contributed by atoms with van der Waals surface area (Å²) in [5, 5.41) is 4.67. The molecule has 0 aliphatic rings. The van der Waals surface area contributed by atoms with E-state index in [0.717, 1.165) is 24.3 Å². The maximum Gasteiger partial charge on any atom is 0.227 e. The van der Waals surface area contributed by atoms with Crippen LogP contribution in [0.2, 0.25) is 0 Å². The summed E-state index contributed by atoms with van der Waals surface area (Å²) in [5.41, 5.74) is 6.83. The number of aryl methyl sites for hydroxylation is 3. The topological polar surface area (TPSA) is 38.1 Å². The average Bonchev–Trinajstić information content (AvgIpc) is 2.78. The summed E-state index contributed by atoms with van der Waals surface area (Å²) in [6.45, 7) is 16.3. The van der Waals surface area contributed by atoms with Crippen molar-refractivity contribution in [3.05, 3.63) is 46.3 Å². The van der Waals surface area contributed by atoms with Gasteiger partial charge in [0.1, 0.15) is 0 Å².